The van der Waals surface area contributed by atoms with E-state index in [1.54, 1.807) is 6.92 Å². The van der Waals surface area contributed by atoms with Gasteiger partial charge in [0.15, 0.2) is 0 Å². The van der Waals surface area contributed by atoms with Gasteiger partial charge in [-0.2, -0.15) is 5.26 Å². The number of carbonyl (C=O) groups is 2. The molecule has 0 spiro atoms. The number of nitrogens with one attached hydrogen (secondary N) is 1. The summed E-state index contributed by atoms with van der Waals surface area (Å²) in [6, 6.07) is 4.21. The van der Waals surface area contributed by atoms with Gasteiger partial charge < -0.3 is 11.1 Å². The van der Waals surface area contributed by atoms with Crippen molar-refractivity contribution in [1.82, 2.24) is 10.3 Å². The number of carbonyl (C=O) groups excluding carboxylic acids is 2. The summed E-state index contributed by atoms with van der Waals surface area (Å²) in [5.41, 5.74) is 5.58. The van der Waals surface area contributed by atoms with E-state index in [4.69, 9.17) is 11.0 Å². The number of amides is 2. The topological polar surface area (TPSA) is 109 Å². The van der Waals surface area contributed by atoms with E-state index in [1.807, 2.05) is 6.07 Å². The Kier molecular flexibility index (Phi) is 4.81. The molecule has 2 atom stereocenters. The van der Waals surface area contributed by atoms with Crippen molar-refractivity contribution >= 4 is 11.8 Å². The molecule has 0 aliphatic rings. The van der Waals surface area contributed by atoms with Crippen molar-refractivity contribution in [3.05, 3.63) is 30.1 Å². The molecule has 18 heavy (non-hydrogen) atoms. The summed E-state index contributed by atoms with van der Waals surface area (Å²) >= 11 is 0. The van der Waals surface area contributed by atoms with Crippen LogP contribution >= 0.6 is 0 Å². The van der Waals surface area contributed by atoms with Crippen molar-refractivity contribution in [1.29, 1.82) is 5.26 Å². The van der Waals surface area contributed by atoms with Crippen LogP contribution in [0.1, 0.15) is 23.7 Å². The summed E-state index contributed by atoms with van der Waals surface area (Å²) in [5.74, 6) is -1.42. The number of nitrogens with zero attached hydrogens (tertiary/aromatic N) is 2. The summed E-state index contributed by atoms with van der Waals surface area (Å²) in [7, 11) is 0. The molecule has 1 rings (SSSR count). The van der Waals surface area contributed by atoms with Crippen LogP contribution in [0.2, 0.25) is 0 Å². The predicted octanol–water partition coefficient (Wildman–Crippen LogP) is 0.215. The summed E-state index contributed by atoms with van der Waals surface area (Å²) in [4.78, 5) is 26.8. The van der Waals surface area contributed by atoms with Crippen LogP contribution in [0.25, 0.3) is 0 Å². The third-order valence-electron chi connectivity index (χ3n) is 2.40. The zero-order valence-electron chi connectivity index (χ0n) is 9.96. The first-order chi connectivity index (χ1) is 8.54. The van der Waals surface area contributed by atoms with E-state index in [2.05, 4.69) is 10.3 Å². The van der Waals surface area contributed by atoms with Gasteiger partial charge in [-0.1, -0.05) is 0 Å². The molecule has 0 bridgehead atoms. The molecular weight excluding hydrogens is 232 g/mol. The number of hydrogen-bond donors (Lipinski definition) is 2. The number of aromatic nitrogens is 1. The Balaban J connectivity index is 2.71. The van der Waals surface area contributed by atoms with Crippen molar-refractivity contribution < 1.29 is 9.59 Å². The maximum atomic E-state index is 11.8. The fourth-order valence-corrected chi connectivity index (χ4v) is 1.40. The van der Waals surface area contributed by atoms with Gasteiger partial charge in [0, 0.05) is 23.9 Å². The quantitative estimate of drug-likeness (QED) is 0.774. The number of nitrogens with two attached hydrogens (primary N) is 1. The van der Waals surface area contributed by atoms with E-state index in [0.29, 0.717) is 5.56 Å². The van der Waals surface area contributed by atoms with Crippen LogP contribution in [0.3, 0.4) is 0 Å². The lowest BCUT2D eigenvalue weighted by Gasteiger charge is -2.16. The highest BCUT2D eigenvalue weighted by Gasteiger charge is 2.21. The maximum Gasteiger partial charge on any atom is 0.252 e. The van der Waals surface area contributed by atoms with Gasteiger partial charge in [0.05, 0.1) is 6.07 Å². The number of primary amides is 1. The molecule has 0 radical (unpaired) electrons. The van der Waals surface area contributed by atoms with E-state index in [1.165, 1.54) is 24.5 Å². The van der Waals surface area contributed by atoms with E-state index in [-0.39, 0.29) is 12.3 Å². The Labute approximate surface area is 105 Å². The Hall–Kier alpha value is -2.42. The van der Waals surface area contributed by atoms with Gasteiger partial charge in [-0.25, -0.2) is 0 Å². The average molecular weight is 246 g/mol. The summed E-state index contributed by atoms with van der Waals surface area (Å²) in [6.45, 7) is 1.66. The van der Waals surface area contributed by atoms with E-state index in [0.717, 1.165) is 0 Å². The lowest BCUT2D eigenvalue weighted by molar-refractivity contribution is -0.120. The second kappa shape index (κ2) is 6.35. The number of rotatable bonds is 5. The molecule has 1 heterocycles. The smallest absolute Gasteiger partial charge is 0.252 e. The largest absolute Gasteiger partial charge is 0.368 e. The second-order valence-electron chi connectivity index (χ2n) is 3.93. The molecule has 0 aliphatic carbocycles. The minimum Gasteiger partial charge on any atom is -0.368 e. The lowest BCUT2D eigenvalue weighted by atomic mass is 10.0. The van der Waals surface area contributed by atoms with Gasteiger partial charge >= 0.3 is 0 Å². The van der Waals surface area contributed by atoms with Crippen molar-refractivity contribution in [3.63, 3.8) is 0 Å². The van der Waals surface area contributed by atoms with Crippen molar-refractivity contribution in [2.24, 2.45) is 11.7 Å². The third-order valence-corrected chi connectivity index (χ3v) is 2.40. The summed E-state index contributed by atoms with van der Waals surface area (Å²) in [6.07, 6.45) is 3.15. The monoisotopic (exact) mass is 246 g/mol. The van der Waals surface area contributed by atoms with E-state index >= 15 is 0 Å². The average Bonchev–Trinajstić information content (AvgIpc) is 2.38. The predicted molar refractivity (Wildman–Crippen MR) is 64.1 cm³/mol. The summed E-state index contributed by atoms with van der Waals surface area (Å²) in [5, 5.41) is 11.2. The normalized spacial score (nSPS) is 13.1. The molecule has 0 aromatic carbocycles. The Bertz CT molecular complexity index is 467. The number of pyridine rings is 1. The molecule has 94 valence electrons. The lowest BCUT2D eigenvalue weighted by Crippen LogP contribution is -2.45. The van der Waals surface area contributed by atoms with Crippen LogP contribution < -0.4 is 11.1 Å². The first kappa shape index (κ1) is 13.6. The highest BCUT2D eigenvalue weighted by molar-refractivity contribution is 5.97. The van der Waals surface area contributed by atoms with Gasteiger partial charge in [-0.3, -0.25) is 14.6 Å². The van der Waals surface area contributed by atoms with Crippen molar-refractivity contribution in [2.75, 3.05) is 0 Å². The van der Waals surface area contributed by atoms with Gasteiger partial charge in [0.2, 0.25) is 5.91 Å². The fourth-order valence-electron chi connectivity index (χ4n) is 1.40. The van der Waals surface area contributed by atoms with Gasteiger partial charge in [0.1, 0.15) is 6.04 Å². The summed E-state index contributed by atoms with van der Waals surface area (Å²) < 4.78 is 0. The third kappa shape index (κ3) is 3.87. The van der Waals surface area contributed by atoms with Crippen LogP contribution in [-0.4, -0.2) is 22.8 Å². The molecule has 3 N–H and O–H groups in total. The molecule has 0 saturated carbocycles. The maximum absolute atomic E-state index is 11.8. The van der Waals surface area contributed by atoms with E-state index < -0.39 is 17.9 Å². The van der Waals surface area contributed by atoms with Crippen LogP contribution in [0, 0.1) is 17.2 Å². The first-order valence-corrected chi connectivity index (χ1v) is 5.44. The molecule has 6 heteroatoms. The highest BCUT2D eigenvalue weighted by atomic mass is 16.2. The fraction of sp³-hybridized carbons (Fsp3) is 0.333. The van der Waals surface area contributed by atoms with E-state index in [9.17, 15) is 9.59 Å². The van der Waals surface area contributed by atoms with Gasteiger partial charge in [-0.05, 0) is 25.5 Å². The van der Waals surface area contributed by atoms with Crippen molar-refractivity contribution in [2.45, 2.75) is 19.4 Å². The molecule has 2 amide bonds. The Morgan fingerprint density at radius 3 is 2.61 bits per heavy atom. The van der Waals surface area contributed by atoms with Crippen LogP contribution in [0.15, 0.2) is 24.5 Å². The second-order valence-corrected chi connectivity index (χ2v) is 3.93. The standard InChI is InChI=1S/C12H14N4O2/c1-8(7-13)6-10(11(14)17)16-12(18)9-2-4-15-5-3-9/h2-5,8,10H,6H2,1H3,(H2,14,17)(H,16,18)/t8-,10-/m0/s1. The molecule has 0 fully saturated rings. The van der Waals surface area contributed by atoms with Crippen LogP contribution in [0.4, 0.5) is 0 Å². The molecule has 0 aliphatic heterocycles. The molecule has 1 aromatic rings. The molecular formula is C12H14N4O2. The van der Waals surface area contributed by atoms with Crippen LogP contribution in [0.5, 0.6) is 0 Å². The number of nitriles is 1. The molecule has 0 unspecified atom stereocenters. The molecule has 1 aromatic heterocycles. The van der Waals surface area contributed by atoms with Gasteiger partial charge in [0.25, 0.3) is 5.91 Å². The Morgan fingerprint density at radius 2 is 2.11 bits per heavy atom. The first-order valence-electron chi connectivity index (χ1n) is 5.44. The Morgan fingerprint density at radius 1 is 1.50 bits per heavy atom. The molecule has 6 nitrogen and oxygen atoms in total. The van der Waals surface area contributed by atoms with Crippen molar-refractivity contribution in [3.8, 4) is 6.07 Å². The highest BCUT2D eigenvalue weighted by Crippen LogP contribution is 2.06. The van der Waals surface area contributed by atoms with Crippen LogP contribution in [-0.2, 0) is 4.79 Å². The zero-order chi connectivity index (χ0) is 13.5. The SMILES string of the molecule is C[C@H](C#N)C[C@H](NC(=O)c1ccncc1)C(N)=O. The van der Waals surface area contributed by atoms with Gasteiger partial charge in [-0.15, -0.1) is 0 Å². The zero-order valence-corrected chi connectivity index (χ0v) is 9.96. The minimum absolute atomic E-state index is 0.197. The number of hydrogen-bond acceptors (Lipinski definition) is 4. The molecule has 0 saturated heterocycles. The minimum atomic E-state index is -0.847.